The summed E-state index contributed by atoms with van der Waals surface area (Å²) in [4.78, 5) is 0. The monoisotopic (exact) mass is 120 g/mol. The first-order valence-electron chi connectivity index (χ1n) is 2.85. The quantitative estimate of drug-likeness (QED) is 0.498. The minimum absolute atomic E-state index is 0.238. The average molecular weight is 120 g/mol. The van der Waals surface area contributed by atoms with Gasteiger partial charge in [0.2, 0.25) is 6.43 Å². The van der Waals surface area contributed by atoms with Crippen molar-refractivity contribution in [3.63, 3.8) is 0 Å². The van der Waals surface area contributed by atoms with Crippen molar-refractivity contribution in [2.75, 3.05) is 0 Å². The van der Waals surface area contributed by atoms with Crippen LogP contribution in [0.25, 0.3) is 0 Å². The molecule has 1 rings (SSSR count). The first-order chi connectivity index (χ1) is 3.57. The zero-order chi connectivity index (χ0) is 6.36. The van der Waals surface area contributed by atoms with Crippen molar-refractivity contribution in [1.82, 2.24) is 0 Å². The van der Waals surface area contributed by atoms with Crippen molar-refractivity contribution in [3.8, 4) is 0 Å². The summed E-state index contributed by atoms with van der Waals surface area (Å²) in [5.74, 6) is 0.238. The SMILES string of the molecule is CC1CC1(C)C(F)F. The fraction of sp³-hybridized carbons (Fsp3) is 1.00. The fourth-order valence-corrected chi connectivity index (χ4v) is 0.905. The van der Waals surface area contributed by atoms with E-state index in [1.165, 1.54) is 0 Å². The van der Waals surface area contributed by atoms with Crippen LogP contribution in [0, 0.1) is 11.3 Å². The first kappa shape index (κ1) is 5.99. The van der Waals surface area contributed by atoms with Gasteiger partial charge in [0.05, 0.1) is 0 Å². The van der Waals surface area contributed by atoms with Crippen LogP contribution in [0.15, 0.2) is 0 Å². The highest BCUT2D eigenvalue weighted by Crippen LogP contribution is 2.55. The third-order valence-corrected chi connectivity index (χ3v) is 2.21. The zero-order valence-corrected chi connectivity index (χ0v) is 5.12. The second kappa shape index (κ2) is 1.42. The van der Waals surface area contributed by atoms with Gasteiger partial charge in [-0.2, -0.15) is 0 Å². The molecule has 0 saturated heterocycles. The van der Waals surface area contributed by atoms with Crippen molar-refractivity contribution >= 4 is 0 Å². The molecule has 0 aromatic heterocycles. The fourth-order valence-electron chi connectivity index (χ4n) is 0.905. The number of alkyl halides is 2. The molecule has 1 saturated carbocycles. The van der Waals surface area contributed by atoms with Crippen LogP contribution in [0.2, 0.25) is 0 Å². The van der Waals surface area contributed by atoms with Crippen LogP contribution in [0.1, 0.15) is 20.3 Å². The van der Waals surface area contributed by atoms with Gasteiger partial charge in [-0.05, 0) is 12.3 Å². The van der Waals surface area contributed by atoms with E-state index in [9.17, 15) is 8.78 Å². The molecule has 8 heavy (non-hydrogen) atoms. The van der Waals surface area contributed by atoms with E-state index in [0.29, 0.717) is 6.42 Å². The molecule has 0 N–H and O–H groups in total. The molecule has 0 heterocycles. The molecule has 0 amide bonds. The van der Waals surface area contributed by atoms with E-state index in [1.54, 1.807) is 6.92 Å². The van der Waals surface area contributed by atoms with E-state index >= 15 is 0 Å². The summed E-state index contributed by atoms with van der Waals surface area (Å²) in [7, 11) is 0. The molecular weight excluding hydrogens is 110 g/mol. The van der Waals surface area contributed by atoms with E-state index in [0.717, 1.165) is 0 Å². The lowest BCUT2D eigenvalue weighted by atomic mass is 10.1. The number of rotatable bonds is 1. The minimum atomic E-state index is -2.11. The lowest BCUT2D eigenvalue weighted by molar-refractivity contribution is 0.0640. The maximum absolute atomic E-state index is 11.9. The van der Waals surface area contributed by atoms with Gasteiger partial charge in [0.15, 0.2) is 0 Å². The molecule has 0 radical (unpaired) electrons. The number of hydrogen-bond acceptors (Lipinski definition) is 0. The van der Waals surface area contributed by atoms with E-state index in [2.05, 4.69) is 0 Å². The Morgan fingerprint density at radius 2 is 2.00 bits per heavy atom. The van der Waals surface area contributed by atoms with Crippen molar-refractivity contribution in [2.45, 2.75) is 26.7 Å². The Morgan fingerprint density at radius 1 is 1.62 bits per heavy atom. The molecule has 2 heteroatoms. The van der Waals surface area contributed by atoms with Gasteiger partial charge < -0.3 is 0 Å². The zero-order valence-electron chi connectivity index (χ0n) is 5.12. The van der Waals surface area contributed by atoms with Crippen molar-refractivity contribution in [2.24, 2.45) is 11.3 Å². The van der Waals surface area contributed by atoms with Crippen molar-refractivity contribution < 1.29 is 8.78 Å². The van der Waals surface area contributed by atoms with Crippen LogP contribution in [-0.4, -0.2) is 6.43 Å². The molecule has 1 aliphatic carbocycles. The van der Waals surface area contributed by atoms with Crippen LogP contribution >= 0.6 is 0 Å². The maximum Gasteiger partial charge on any atom is 0.244 e. The van der Waals surface area contributed by atoms with E-state index < -0.39 is 11.8 Å². The van der Waals surface area contributed by atoms with Crippen LogP contribution < -0.4 is 0 Å². The molecule has 0 aromatic carbocycles. The normalized spacial score (nSPS) is 45.4. The number of halogens is 2. The Balaban J connectivity index is 2.47. The van der Waals surface area contributed by atoms with E-state index in [-0.39, 0.29) is 5.92 Å². The van der Waals surface area contributed by atoms with Crippen LogP contribution in [-0.2, 0) is 0 Å². The summed E-state index contributed by atoms with van der Waals surface area (Å²) in [6.45, 7) is 3.51. The standard InChI is InChI=1S/C6H10F2/c1-4-3-6(4,2)5(7)8/h4-5H,3H2,1-2H3. The summed E-state index contributed by atoms with van der Waals surface area (Å²) >= 11 is 0. The Bertz CT molecular complexity index is 101. The van der Waals surface area contributed by atoms with Crippen molar-refractivity contribution in [3.05, 3.63) is 0 Å². The molecule has 1 aliphatic rings. The molecular formula is C6H10F2. The molecule has 1 fully saturated rings. The Morgan fingerprint density at radius 3 is 2.00 bits per heavy atom. The summed E-state index contributed by atoms with van der Waals surface area (Å²) in [6.07, 6.45) is -1.41. The van der Waals surface area contributed by atoms with Gasteiger partial charge in [0, 0.05) is 5.41 Å². The summed E-state index contributed by atoms with van der Waals surface area (Å²) < 4.78 is 23.7. The average Bonchev–Trinajstić information content (AvgIpc) is 2.17. The molecule has 2 unspecified atom stereocenters. The Hall–Kier alpha value is -0.140. The smallest absolute Gasteiger partial charge is 0.210 e. The maximum atomic E-state index is 11.9. The van der Waals surface area contributed by atoms with Gasteiger partial charge in [-0.25, -0.2) is 8.78 Å². The van der Waals surface area contributed by atoms with Crippen LogP contribution in [0.5, 0.6) is 0 Å². The minimum Gasteiger partial charge on any atom is -0.210 e. The van der Waals surface area contributed by atoms with Gasteiger partial charge in [0.1, 0.15) is 0 Å². The summed E-state index contributed by atoms with van der Waals surface area (Å²) in [5, 5.41) is 0. The lowest BCUT2D eigenvalue weighted by Gasteiger charge is -2.05. The Labute approximate surface area is 47.9 Å². The largest absolute Gasteiger partial charge is 0.244 e. The van der Waals surface area contributed by atoms with Gasteiger partial charge in [-0.1, -0.05) is 13.8 Å². The Kier molecular flexibility index (Phi) is 1.07. The van der Waals surface area contributed by atoms with Crippen LogP contribution in [0.4, 0.5) is 8.78 Å². The molecule has 0 aliphatic heterocycles. The predicted octanol–water partition coefficient (Wildman–Crippen LogP) is 2.30. The second-order valence-electron chi connectivity index (χ2n) is 2.91. The highest BCUT2D eigenvalue weighted by molar-refractivity contribution is 4.97. The first-order valence-corrected chi connectivity index (χ1v) is 2.85. The van der Waals surface area contributed by atoms with E-state index in [4.69, 9.17) is 0 Å². The van der Waals surface area contributed by atoms with Crippen LogP contribution in [0.3, 0.4) is 0 Å². The number of hydrogen-bond donors (Lipinski definition) is 0. The van der Waals surface area contributed by atoms with Crippen molar-refractivity contribution in [1.29, 1.82) is 0 Å². The third kappa shape index (κ3) is 0.627. The molecule has 48 valence electrons. The van der Waals surface area contributed by atoms with Gasteiger partial charge in [-0.15, -0.1) is 0 Å². The van der Waals surface area contributed by atoms with E-state index in [1.807, 2.05) is 6.92 Å². The molecule has 0 aromatic rings. The van der Waals surface area contributed by atoms with Gasteiger partial charge in [0.25, 0.3) is 0 Å². The third-order valence-electron chi connectivity index (χ3n) is 2.21. The van der Waals surface area contributed by atoms with Gasteiger partial charge >= 0.3 is 0 Å². The van der Waals surface area contributed by atoms with Gasteiger partial charge in [-0.3, -0.25) is 0 Å². The second-order valence-corrected chi connectivity index (χ2v) is 2.91. The summed E-state index contributed by atoms with van der Waals surface area (Å²) in [6, 6.07) is 0. The molecule has 0 nitrogen and oxygen atoms in total. The lowest BCUT2D eigenvalue weighted by Crippen LogP contribution is -2.08. The predicted molar refractivity (Wildman–Crippen MR) is 27.9 cm³/mol. The topological polar surface area (TPSA) is 0 Å². The molecule has 2 atom stereocenters. The summed E-state index contributed by atoms with van der Waals surface area (Å²) in [5.41, 5.74) is -0.625. The highest BCUT2D eigenvalue weighted by Gasteiger charge is 2.53. The highest BCUT2D eigenvalue weighted by atomic mass is 19.3. The molecule has 0 spiro atoms. The molecule has 0 bridgehead atoms.